The Labute approximate surface area is 164 Å². The van der Waals surface area contributed by atoms with E-state index in [0.717, 1.165) is 5.69 Å². The van der Waals surface area contributed by atoms with Crippen molar-refractivity contribution in [1.82, 2.24) is 0 Å². The van der Waals surface area contributed by atoms with Gasteiger partial charge >= 0.3 is 6.03 Å². The number of carbonyl (C=O) groups is 2. The minimum atomic E-state index is -0.326. The molecule has 6 heteroatoms. The van der Waals surface area contributed by atoms with Crippen molar-refractivity contribution in [2.45, 2.75) is 0 Å². The Kier molecular flexibility index (Phi) is 6.25. The second kappa shape index (κ2) is 9.23. The number of likely N-dealkylation sites (N-methyl/N-ethyl adjacent to an activating group) is 1. The van der Waals surface area contributed by atoms with Crippen molar-refractivity contribution >= 4 is 34.7 Å². The summed E-state index contributed by atoms with van der Waals surface area (Å²) in [4.78, 5) is 26.1. The van der Waals surface area contributed by atoms with Crippen LogP contribution in [0, 0.1) is 0 Å². The van der Waals surface area contributed by atoms with Crippen LogP contribution in [-0.2, 0) is 4.79 Å². The van der Waals surface area contributed by atoms with E-state index in [9.17, 15) is 9.59 Å². The fourth-order valence-electron chi connectivity index (χ4n) is 2.64. The largest absolute Gasteiger partial charge is 0.365 e. The van der Waals surface area contributed by atoms with E-state index in [-0.39, 0.29) is 18.5 Å². The second-order valence-electron chi connectivity index (χ2n) is 6.26. The number of amides is 3. The van der Waals surface area contributed by atoms with Gasteiger partial charge in [-0.25, -0.2) is 4.79 Å². The van der Waals surface area contributed by atoms with Gasteiger partial charge in [-0.05, 0) is 48.5 Å². The number of para-hydroxylation sites is 2. The molecule has 0 unspecified atom stereocenters. The molecule has 0 fully saturated rings. The standard InChI is InChI=1S/C22H22N4O2/c1-26(20-10-6-3-7-11-20)16-21(27)23-18-12-14-19(15-13-18)25-22(28)24-17-8-4-2-5-9-17/h2-15H,16H2,1H3,(H,23,27)(H2,24,25,28). The van der Waals surface area contributed by atoms with E-state index >= 15 is 0 Å². The Bertz CT molecular complexity index is 912. The average Bonchev–Trinajstić information content (AvgIpc) is 2.71. The highest BCUT2D eigenvalue weighted by atomic mass is 16.2. The van der Waals surface area contributed by atoms with Crippen LogP contribution in [0.5, 0.6) is 0 Å². The van der Waals surface area contributed by atoms with Crippen LogP contribution in [0.1, 0.15) is 0 Å². The van der Waals surface area contributed by atoms with Gasteiger partial charge < -0.3 is 20.9 Å². The van der Waals surface area contributed by atoms with Crippen molar-refractivity contribution in [2.75, 3.05) is 34.4 Å². The van der Waals surface area contributed by atoms with Crippen molar-refractivity contribution in [1.29, 1.82) is 0 Å². The van der Waals surface area contributed by atoms with Gasteiger partial charge in [0, 0.05) is 29.8 Å². The molecular weight excluding hydrogens is 352 g/mol. The first kappa shape index (κ1) is 19.0. The van der Waals surface area contributed by atoms with Crippen molar-refractivity contribution in [3.8, 4) is 0 Å². The molecule has 0 saturated carbocycles. The van der Waals surface area contributed by atoms with Crippen LogP contribution in [0.4, 0.5) is 27.5 Å². The number of urea groups is 1. The maximum absolute atomic E-state index is 12.2. The summed E-state index contributed by atoms with van der Waals surface area (Å²) < 4.78 is 0. The first-order valence-corrected chi connectivity index (χ1v) is 8.89. The van der Waals surface area contributed by atoms with Gasteiger partial charge in [-0.1, -0.05) is 36.4 Å². The minimum Gasteiger partial charge on any atom is -0.365 e. The van der Waals surface area contributed by atoms with E-state index in [2.05, 4.69) is 16.0 Å². The third-order valence-corrected chi connectivity index (χ3v) is 4.04. The van der Waals surface area contributed by atoms with Crippen LogP contribution in [0.25, 0.3) is 0 Å². The Balaban J connectivity index is 1.50. The molecule has 0 spiro atoms. The number of nitrogens with one attached hydrogen (secondary N) is 3. The molecular formula is C22H22N4O2. The molecule has 0 aliphatic carbocycles. The third kappa shape index (κ3) is 5.60. The molecule has 0 aliphatic heterocycles. The summed E-state index contributed by atoms with van der Waals surface area (Å²) in [6.07, 6.45) is 0. The van der Waals surface area contributed by atoms with Gasteiger partial charge in [0.15, 0.2) is 0 Å². The summed E-state index contributed by atoms with van der Waals surface area (Å²) >= 11 is 0. The molecule has 3 rings (SSSR count). The zero-order valence-electron chi connectivity index (χ0n) is 15.6. The lowest BCUT2D eigenvalue weighted by Gasteiger charge is -2.18. The number of nitrogens with zero attached hydrogens (tertiary/aromatic N) is 1. The number of rotatable bonds is 6. The first-order valence-electron chi connectivity index (χ1n) is 8.89. The fourth-order valence-corrected chi connectivity index (χ4v) is 2.64. The molecule has 0 bridgehead atoms. The highest BCUT2D eigenvalue weighted by Gasteiger charge is 2.08. The topological polar surface area (TPSA) is 73.5 Å². The average molecular weight is 374 g/mol. The van der Waals surface area contributed by atoms with Gasteiger partial charge in [-0.2, -0.15) is 0 Å². The predicted molar refractivity (Wildman–Crippen MR) is 114 cm³/mol. The Hall–Kier alpha value is -3.80. The van der Waals surface area contributed by atoms with E-state index in [1.807, 2.05) is 72.6 Å². The first-order chi connectivity index (χ1) is 13.6. The highest BCUT2D eigenvalue weighted by Crippen LogP contribution is 2.15. The van der Waals surface area contributed by atoms with Crippen molar-refractivity contribution in [3.63, 3.8) is 0 Å². The Morgan fingerprint density at radius 3 is 1.71 bits per heavy atom. The fraction of sp³-hybridized carbons (Fsp3) is 0.0909. The molecule has 0 saturated heterocycles. The summed E-state index contributed by atoms with van der Waals surface area (Å²) in [5.41, 5.74) is 2.99. The predicted octanol–water partition coefficient (Wildman–Crippen LogP) is 4.41. The molecule has 6 nitrogen and oxygen atoms in total. The lowest BCUT2D eigenvalue weighted by molar-refractivity contribution is -0.114. The normalized spacial score (nSPS) is 10.0. The van der Waals surface area contributed by atoms with Gasteiger partial charge in [-0.3, -0.25) is 4.79 Å². The molecule has 0 atom stereocenters. The smallest absolute Gasteiger partial charge is 0.323 e. The van der Waals surface area contributed by atoms with E-state index in [4.69, 9.17) is 0 Å². The zero-order valence-corrected chi connectivity index (χ0v) is 15.6. The molecule has 3 N–H and O–H groups in total. The quantitative estimate of drug-likeness (QED) is 0.598. The maximum atomic E-state index is 12.2. The van der Waals surface area contributed by atoms with E-state index < -0.39 is 0 Å². The van der Waals surface area contributed by atoms with Crippen LogP contribution in [0.2, 0.25) is 0 Å². The SMILES string of the molecule is CN(CC(=O)Nc1ccc(NC(=O)Nc2ccccc2)cc1)c1ccccc1. The Morgan fingerprint density at radius 1 is 0.679 bits per heavy atom. The van der Waals surface area contributed by atoms with Gasteiger partial charge in [0.25, 0.3) is 0 Å². The molecule has 3 aromatic rings. The Morgan fingerprint density at radius 2 is 1.14 bits per heavy atom. The second-order valence-corrected chi connectivity index (χ2v) is 6.26. The van der Waals surface area contributed by atoms with Crippen molar-refractivity contribution in [2.24, 2.45) is 0 Å². The molecule has 0 radical (unpaired) electrons. The van der Waals surface area contributed by atoms with Gasteiger partial charge in [-0.15, -0.1) is 0 Å². The van der Waals surface area contributed by atoms with Crippen molar-refractivity contribution < 1.29 is 9.59 Å². The van der Waals surface area contributed by atoms with E-state index in [1.165, 1.54) is 0 Å². The van der Waals surface area contributed by atoms with Crippen LogP contribution >= 0.6 is 0 Å². The number of hydrogen-bond donors (Lipinski definition) is 3. The van der Waals surface area contributed by atoms with Gasteiger partial charge in [0.2, 0.25) is 5.91 Å². The minimum absolute atomic E-state index is 0.117. The molecule has 142 valence electrons. The van der Waals surface area contributed by atoms with Crippen molar-refractivity contribution in [3.05, 3.63) is 84.9 Å². The summed E-state index contributed by atoms with van der Waals surface area (Å²) in [5, 5.41) is 8.36. The lowest BCUT2D eigenvalue weighted by atomic mass is 10.2. The van der Waals surface area contributed by atoms with Crippen LogP contribution < -0.4 is 20.9 Å². The van der Waals surface area contributed by atoms with E-state index in [0.29, 0.717) is 17.1 Å². The number of hydrogen-bond acceptors (Lipinski definition) is 3. The lowest BCUT2D eigenvalue weighted by Crippen LogP contribution is -2.29. The zero-order chi connectivity index (χ0) is 19.8. The molecule has 0 aromatic heterocycles. The van der Waals surface area contributed by atoms with E-state index in [1.54, 1.807) is 24.3 Å². The molecule has 28 heavy (non-hydrogen) atoms. The van der Waals surface area contributed by atoms with Crippen LogP contribution in [0.15, 0.2) is 84.9 Å². The number of anilines is 4. The summed E-state index contributed by atoms with van der Waals surface area (Å²) in [6.45, 7) is 0.240. The van der Waals surface area contributed by atoms with Crippen LogP contribution in [-0.4, -0.2) is 25.5 Å². The highest BCUT2D eigenvalue weighted by molar-refractivity contribution is 6.00. The molecule has 0 aliphatic rings. The summed E-state index contributed by atoms with van der Waals surface area (Å²) in [7, 11) is 1.87. The monoisotopic (exact) mass is 374 g/mol. The molecule has 0 heterocycles. The summed E-state index contributed by atoms with van der Waals surface area (Å²) in [5.74, 6) is -0.117. The number of carbonyl (C=O) groups excluding carboxylic acids is 2. The molecule has 3 amide bonds. The summed E-state index contributed by atoms with van der Waals surface area (Å²) in [6, 6.07) is 25.6. The third-order valence-electron chi connectivity index (χ3n) is 4.04. The van der Waals surface area contributed by atoms with Gasteiger partial charge in [0.05, 0.1) is 6.54 Å². The molecule has 3 aromatic carbocycles. The van der Waals surface area contributed by atoms with Gasteiger partial charge in [0.1, 0.15) is 0 Å². The maximum Gasteiger partial charge on any atom is 0.323 e. The number of benzene rings is 3. The van der Waals surface area contributed by atoms with Crippen LogP contribution in [0.3, 0.4) is 0 Å².